The quantitative estimate of drug-likeness (QED) is 0.862. The number of nitrogens with zero attached hydrogens (tertiary/aromatic N) is 3. The summed E-state index contributed by atoms with van der Waals surface area (Å²) in [7, 11) is 0. The van der Waals surface area contributed by atoms with Crippen molar-refractivity contribution in [3.63, 3.8) is 0 Å². The third-order valence-electron chi connectivity index (χ3n) is 3.66. The molecule has 1 fully saturated rings. The standard InChI is InChI=1S/C13H18N4/c14-12-9-11(8-10-4-2-1-3-5-10)16-13-6-7-15-17(12)13/h6-7,9-10H,1-5,8,14H2. The molecule has 0 spiro atoms. The Balaban J connectivity index is 1.84. The number of aromatic nitrogens is 3. The van der Waals surface area contributed by atoms with E-state index in [1.54, 1.807) is 10.7 Å². The van der Waals surface area contributed by atoms with Crippen molar-refractivity contribution in [1.29, 1.82) is 0 Å². The maximum Gasteiger partial charge on any atom is 0.157 e. The van der Waals surface area contributed by atoms with Crippen molar-refractivity contribution in [3.05, 3.63) is 24.0 Å². The maximum atomic E-state index is 5.97. The van der Waals surface area contributed by atoms with Crippen molar-refractivity contribution < 1.29 is 0 Å². The van der Waals surface area contributed by atoms with Gasteiger partial charge in [-0.05, 0) is 12.3 Å². The second kappa shape index (κ2) is 4.35. The summed E-state index contributed by atoms with van der Waals surface area (Å²) in [5, 5.41) is 4.14. The van der Waals surface area contributed by atoms with Gasteiger partial charge in [-0.25, -0.2) is 4.98 Å². The summed E-state index contributed by atoms with van der Waals surface area (Å²) in [6.45, 7) is 0. The minimum absolute atomic E-state index is 0.686. The van der Waals surface area contributed by atoms with E-state index in [1.807, 2.05) is 12.1 Å². The molecule has 0 atom stereocenters. The minimum Gasteiger partial charge on any atom is -0.384 e. The molecule has 0 bridgehead atoms. The summed E-state index contributed by atoms with van der Waals surface area (Å²) in [6, 6.07) is 3.87. The molecule has 1 aliphatic carbocycles. The Morgan fingerprint density at radius 2 is 2.12 bits per heavy atom. The first-order chi connectivity index (χ1) is 8.33. The normalized spacial score (nSPS) is 17.6. The summed E-state index contributed by atoms with van der Waals surface area (Å²) >= 11 is 0. The van der Waals surface area contributed by atoms with Crippen LogP contribution in [0.2, 0.25) is 0 Å². The Bertz CT molecular complexity index is 511. The molecule has 2 aromatic rings. The Morgan fingerprint density at radius 1 is 1.29 bits per heavy atom. The van der Waals surface area contributed by atoms with Crippen LogP contribution in [0.25, 0.3) is 5.65 Å². The second-order valence-corrected chi connectivity index (χ2v) is 4.98. The van der Waals surface area contributed by atoms with Gasteiger partial charge in [-0.2, -0.15) is 9.61 Å². The van der Waals surface area contributed by atoms with Crippen LogP contribution in [0, 0.1) is 5.92 Å². The second-order valence-electron chi connectivity index (χ2n) is 4.98. The van der Waals surface area contributed by atoms with Gasteiger partial charge < -0.3 is 5.73 Å². The van der Waals surface area contributed by atoms with Crippen LogP contribution in [0.4, 0.5) is 5.82 Å². The summed E-state index contributed by atoms with van der Waals surface area (Å²) in [5.41, 5.74) is 7.94. The van der Waals surface area contributed by atoms with Crippen molar-refractivity contribution in [3.8, 4) is 0 Å². The minimum atomic E-state index is 0.686. The lowest BCUT2D eigenvalue weighted by molar-refractivity contribution is 0.354. The van der Waals surface area contributed by atoms with Gasteiger partial charge in [0.25, 0.3) is 0 Å². The molecule has 0 unspecified atom stereocenters. The van der Waals surface area contributed by atoms with Gasteiger partial charge in [0.2, 0.25) is 0 Å². The Labute approximate surface area is 101 Å². The molecule has 0 amide bonds. The van der Waals surface area contributed by atoms with Crippen LogP contribution >= 0.6 is 0 Å². The lowest BCUT2D eigenvalue weighted by Crippen LogP contribution is -2.11. The first-order valence-corrected chi connectivity index (χ1v) is 6.42. The zero-order chi connectivity index (χ0) is 11.7. The van der Waals surface area contributed by atoms with Gasteiger partial charge in [0.15, 0.2) is 5.65 Å². The third-order valence-corrected chi connectivity index (χ3v) is 3.66. The number of nitrogen functional groups attached to an aromatic ring is 1. The monoisotopic (exact) mass is 230 g/mol. The molecule has 2 heterocycles. The lowest BCUT2D eigenvalue weighted by Gasteiger charge is -2.21. The molecule has 4 nitrogen and oxygen atoms in total. The molecule has 0 radical (unpaired) electrons. The van der Waals surface area contributed by atoms with E-state index in [1.165, 1.54) is 32.1 Å². The van der Waals surface area contributed by atoms with E-state index in [9.17, 15) is 0 Å². The molecule has 3 rings (SSSR count). The maximum absolute atomic E-state index is 5.97. The topological polar surface area (TPSA) is 56.2 Å². The van der Waals surface area contributed by atoms with Crippen LogP contribution in [0.15, 0.2) is 18.3 Å². The van der Waals surface area contributed by atoms with E-state index in [2.05, 4.69) is 10.1 Å². The van der Waals surface area contributed by atoms with Gasteiger partial charge in [-0.1, -0.05) is 32.1 Å². The fourth-order valence-corrected chi connectivity index (χ4v) is 2.78. The highest BCUT2D eigenvalue weighted by Gasteiger charge is 2.15. The van der Waals surface area contributed by atoms with E-state index in [-0.39, 0.29) is 0 Å². The summed E-state index contributed by atoms with van der Waals surface area (Å²) in [5.74, 6) is 1.48. The fourth-order valence-electron chi connectivity index (χ4n) is 2.78. The summed E-state index contributed by atoms with van der Waals surface area (Å²) in [4.78, 5) is 4.61. The molecular formula is C13H18N4. The molecule has 4 heteroatoms. The van der Waals surface area contributed by atoms with Crippen LogP contribution in [0.1, 0.15) is 37.8 Å². The number of hydrogen-bond donors (Lipinski definition) is 1. The number of rotatable bonds is 2. The highest BCUT2D eigenvalue weighted by atomic mass is 15.3. The Morgan fingerprint density at radius 3 is 2.94 bits per heavy atom. The van der Waals surface area contributed by atoms with Crippen molar-refractivity contribution >= 4 is 11.5 Å². The average molecular weight is 230 g/mol. The van der Waals surface area contributed by atoms with Crippen molar-refractivity contribution in [2.24, 2.45) is 5.92 Å². The van der Waals surface area contributed by atoms with Crippen molar-refractivity contribution in [2.45, 2.75) is 38.5 Å². The van der Waals surface area contributed by atoms with Crippen LogP contribution in [-0.4, -0.2) is 14.6 Å². The number of fused-ring (bicyclic) bond motifs is 1. The van der Waals surface area contributed by atoms with E-state index in [4.69, 9.17) is 5.73 Å². The van der Waals surface area contributed by atoms with Gasteiger partial charge in [-0.15, -0.1) is 0 Å². The number of nitrogens with two attached hydrogens (primary N) is 1. The number of hydrogen-bond acceptors (Lipinski definition) is 3. The summed E-state index contributed by atoms with van der Waals surface area (Å²) in [6.07, 6.45) is 9.62. The van der Waals surface area contributed by atoms with Gasteiger partial charge >= 0.3 is 0 Å². The average Bonchev–Trinajstić information content (AvgIpc) is 2.79. The van der Waals surface area contributed by atoms with E-state index in [0.29, 0.717) is 5.82 Å². The molecule has 0 aliphatic heterocycles. The molecule has 2 N–H and O–H groups in total. The third kappa shape index (κ3) is 2.12. The molecule has 90 valence electrons. The lowest BCUT2D eigenvalue weighted by atomic mass is 9.86. The highest BCUT2D eigenvalue weighted by Crippen LogP contribution is 2.26. The first kappa shape index (κ1) is 10.6. The highest BCUT2D eigenvalue weighted by molar-refractivity contribution is 5.46. The van der Waals surface area contributed by atoms with Crippen molar-refractivity contribution in [1.82, 2.24) is 14.6 Å². The molecule has 1 saturated carbocycles. The largest absolute Gasteiger partial charge is 0.384 e. The van der Waals surface area contributed by atoms with Crippen LogP contribution in [-0.2, 0) is 6.42 Å². The molecule has 17 heavy (non-hydrogen) atoms. The molecule has 2 aromatic heterocycles. The zero-order valence-corrected chi connectivity index (χ0v) is 9.97. The molecular weight excluding hydrogens is 212 g/mol. The van der Waals surface area contributed by atoms with Crippen LogP contribution in [0.5, 0.6) is 0 Å². The first-order valence-electron chi connectivity index (χ1n) is 6.42. The predicted octanol–water partition coefficient (Wildman–Crippen LogP) is 2.43. The van der Waals surface area contributed by atoms with Gasteiger partial charge in [0, 0.05) is 17.8 Å². The van der Waals surface area contributed by atoms with Gasteiger partial charge in [0.1, 0.15) is 5.82 Å². The molecule has 0 aromatic carbocycles. The molecule has 1 aliphatic rings. The van der Waals surface area contributed by atoms with Gasteiger partial charge in [0.05, 0.1) is 6.20 Å². The Hall–Kier alpha value is -1.58. The van der Waals surface area contributed by atoms with Crippen LogP contribution in [0.3, 0.4) is 0 Å². The van der Waals surface area contributed by atoms with E-state index < -0.39 is 0 Å². The SMILES string of the molecule is Nc1cc(CC2CCCCC2)nc2ccnn12. The van der Waals surface area contributed by atoms with Gasteiger partial charge in [-0.3, -0.25) is 0 Å². The number of anilines is 1. The van der Waals surface area contributed by atoms with Crippen molar-refractivity contribution in [2.75, 3.05) is 5.73 Å². The smallest absolute Gasteiger partial charge is 0.157 e. The van der Waals surface area contributed by atoms with E-state index >= 15 is 0 Å². The predicted molar refractivity (Wildman–Crippen MR) is 67.7 cm³/mol. The zero-order valence-electron chi connectivity index (χ0n) is 9.97. The van der Waals surface area contributed by atoms with Crippen LogP contribution < -0.4 is 5.73 Å². The Kier molecular flexibility index (Phi) is 2.71. The fraction of sp³-hybridized carbons (Fsp3) is 0.538. The summed E-state index contributed by atoms with van der Waals surface area (Å²) < 4.78 is 1.68. The van der Waals surface area contributed by atoms with E-state index in [0.717, 1.165) is 23.7 Å². The molecule has 0 saturated heterocycles.